The minimum absolute atomic E-state index is 0.0868. The molecule has 0 bridgehead atoms. The van der Waals surface area contributed by atoms with Crippen molar-refractivity contribution in [1.29, 1.82) is 0 Å². The first-order chi connectivity index (χ1) is 9.13. The molecule has 0 fully saturated rings. The van der Waals surface area contributed by atoms with E-state index in [1.165, 1.54) is 0 Å². The molecule has 0 aromatic heterocycles. The summed E-state index contributed by atoms with van der Waals surface area (Å²) in [6.07, 6.45) is 0. The lowest BCUT2D eigenvalue weighted by Gasteiger charge is -2.17. The maximum atomic E-state index is 10.2. The number of phenolic OH excluding ortho intramolecular Hbond substituents is 1. The van der Waals surface area contributed by atoms with E-state index in [0.717, 1.165) is 35.1 Å². The smallest absolute Gasteiger partial charge is 0.125 e. The number of rotatable bonds is 2. The summed E-state index contributed by atoms with van der Waals surface area (Å²) in [5, 5.41) is 12.1. The van der Waals surface area contributed by atoms with Gasteiger partial charge >= 0.3 is 0 Å². The van der Waals surface area contributed by atoms with Crippen LogP contribution >= 0.6 is 23.2 Å². The van der Waals surface area contributed by atoms with Crippen LogP contribution < -0.4 is 4.90 Å². The van der Waals surface area contributed by atoms with Crippen molar-refractivity contribution in [2.45, 2.75) is 17.7 Å². The van der Waals surface area contributed by atoms with E-state index in [2.05, 4.69) is 11.8 Å². The summed E-state index contributed by atoms with van der Waals surface area (Å²) in [7, 11) is 0. The van der Waals surface area contributed by atoms with Crippen molar-refractivity contribution in [3.8, 4) is 5.75 Å². The van der Waals surface area contributed by atoms with Crippen molar-refractivity contribution in [2.75, 3.05) is 18.0 Å². The summed E-state index contributed by atoms with van der Waals surface area (Å²) in [4.78, 5) is 1.77. The van der Waals surface area contributed by atoms with Crippen LogP contribution in [-0.4, -0.2) is 23.0 Å². The Balaban J connectivity index is 2.32. The summed E-state index contributed by atoms with van der Waals surface area (Å²) in [6.45, 7) is 3.77. The Bertz CT molecular complexity index is 627. The number of alkyl halides is 2. The third-order valence-corrected chi connectivity index (χ3v) is 4.47. The van der Waals surface area contributed by atoms with Gasteiger partial charge in [-0.2, -0.15) is 0 Å². The van der Waals surface area contributed by atoms with E-state index in [1.54, 1.807) is 0 Å². The lowest BCUT2D eigenvalue weighted by Crippen LogP contribution is -2.22. The van der Waals surface area contributed by atoms with Gasteiger partial charge in [0, 0.05) is 36.1 Å². The Morgan fingerprint density at radius 1 is 1.32 bits per heavy atom. The van der Waals surface area contributed by atoms with Crippen LogP contribution in [0.2, 0.25) is 0 Å². The van der Waals surface area contributed by atoms with E-state index >= 15 is 0 Å². The number of halogens is 2. The Labute approximate surface area is 122 Å². The summed E-state index contributed by atoms with van der Waals surface area (Å²) in [5.74, 6) is 0.401. The van der Waals surface area contributed by atoms with Gasteiger partial charge in [-0.15, -0.1) is 23.2 Å². The summed E-state index contributed by atoms with van der Waals surface area (Å²) in [6, 6.07) is 9.68. The third kappa shape index (κ3) is 1.94. The molecule has 0 amide bonds. The van der Waals surface area contributed by atoms with Gasteiger partial charge < -0.3 is 10.0 Å². The minimum Gasteiger partial charge on any atom is -0.507 e. The van der Waals surface area contributed by atoms with Crippen molar-refractivity contribution in [2.24, 2.45) is 0 Å². The molecular formula is C15H15Cl2NO. The Hall–Kier alpha value is -1.12. The van der Waals surface area contributed by atoms with Gasteiger partial charge in [0.1, 0.15) is 10.6 Å². The van der Waals surface area contributed by atoms with Gasteiger partial charge in [0.05, 0.1) is 0 Å². The predicted molar refractivity (Wildman–Crippen MR) is 81.7 cm³/mol. The van der Waals surface area contributed by atoms with Gasteiger partial charge in [0.15, 0.2) is 0 Å². The highest BCUT2D eigenvalue weighted by molar-refractivity contribution is 6.45. The molecule has 19 heavy (non-hydrogen) atoms. The van der Waals surface area contributed by atoms with E-state index < -0.39 is 4.84 Å². The monoisotopic (exact) mass is 295 g/mol. The molecule has 2 aromatic carbocycles. The number of hydrogen-bond acceptors (Lipinski definition) is 2. The van der Waals surface area contributed by atoms with Crippen molar-refractivity contribution in [1.82, 2.24) is 0 Å². The van der Waals surface area contributed by atoms with Crippen LogP contribution in [0, 0.1) is 0 Å². The van der Waals surface area contributed by atoms with Crippen LogP contribution in [-0.2, 0) is 0 Å². The average Bonchev–Trinajstić information content (AvgIpc) is 2.78. The first-order valence-electron chi connectivity index (χ1n) is 6.41. The first kappa shape index (κ1) is 12.9. The van der Waals surface area contributed by atoms with E-state index in [-0.39, 0.29) is 5.92 Å². The molecular weight excluding hydrogens is 281 g/mol. The number of benzene rings is 2. The second-order valence-corrected chi connectivity index (χ2v) is 6.02. The maximum Gasteiger partial charge on any atom is 0.125 e. The number of nitrogens with zero attached hydrogens (tertiary/aromatic N) is 1. The molecule has 1 heterocycles. The molecule has 1 N–H and O–H groups in total. The van der Waals surface area contributed by atoms with Gasteiger partial charge in [-0.3, -0.25) is 0 Å². The topological polar surface area (TPSA) is 23.5 Å². The van der Waals surface area contributed by atoms with Crippen LogP contribution in [0.15, 0.2) is 30.3 Å². The predicted octanol–water partition coefficient (Wildman–Crippen LogP) is 4.27. The van der Waals surface area contributed by atoms with E-state index in [0.29, 0.717) is 5.75 Å². The molecule has 2 aromatic rings. The molecule has 1 atom stereocenters. The summed E-state index contributed by atoms with van der Waals surface area (Å²) < 4.78 is 0. The molecule has 0 unspecified atom stereocenters. The highest BCUT2D eigenvalue weighted by Gasteiger charge is 2.34. The number of likely N-dealkylation sites (N-methyl/N-ethyl adjacent to an activating group) is 1. The standard InChI is InChI=1S/C15H15Cl2NO/c1-2-18-8-11(15(16)17)14-10-6-4-3-5-9(10)13(19)7-12(14)18/h3-7,11,15,19H,2,8H2,1H3/t11-/m1/s1. The van der Waals surface area contributed by atoms with Crippen LogP contribution in [0.1, 0.15) is 18.4 Å². The second kappa shape index (κ2) is 4.77. The molecule has 0 radical (unpaired) electrons. The zero-order valence-corrected chi connectivity index (χ0v) is 12.1. The van der Waals surface area contributed by atoms with E-state index in [1.807, 2.05) is 30.3 Å². The summed E-state index contributed by atoms with van der Waals surface area (Å²) >= 11 is 12.3. The number of fused-ring (bicyclic) bond motifs is 3. The number of aromatic hydroxyl groups is 1. The van der Waals surface area contributed by atoms with Crippen LogP contribution in [0.5, 0.6) is 5.75 Å². The zero-order chi connectivity index (χ0) is 13.6. The molecule has 100 valence electrons. The van der Waals surface area contributed by atoms with Crippen molar-refractivity contribution in [3.63, 3.8) is 0 Å². The van der Waals surface area contributed by atoms with Gasteiger partial charge in [-0.1, -0.05) is 24.3 Å². The van der Waals surface area contributed by atoms with Crippen LogP contribution in [0.3, 0.4) is 0 Å². The molecule has 0 aliphatic carbocycles. The molecule has 0 saturated carbocycles. The molecule has 1 aliphatic heterocycles. The highest BCUT2D eigenvalue weighted by Crippen LogP contribution is 2.47. The van der Waals surface area contributed by atoms with Gasteiger partial charge in [-0.05, 0) is 17.9 Å². The maximum absolute atomic E-state index is 10.2. The van der Waals surface area contributed by atoms with Crippen LogP contribution in [0.25, 0.3) is 10.8 Å². The second-order valence-electron chi connectivity index (χ2n) is 4.85. The Kier molecular flexibility index (Phi) is 3.23. The Morgan fingerprint density at radius 2 is 2.00 bits per heavy atom. The number of phenols is 1. The van der Waals surface area contributed by atoms with E-state index in [4.69, 9.17) is 23.2 Å². The Morgan fingerprint density at radius 3 is 2.63 bits per heavy atom. The molecule has 0 saturated heterocycles. The lowest BCUT2D eigenvalue weighted by molar-refractivity contribution is 0.481. The number of hydrogen-bond donors (Lipinski definition) is 1. The van der Waals surface area contributed by atoms with Crippen molar-refractivity contribution in [3.05, 3.63) is 35.9 Å². The normalized spacial score (nSPS) is 18.3. The van der Waals surface area contributed by atoms with Gasteiger partial charge in [-0.25, -0.2) is 0 Å². The quantitative estimate of drug-likeness (QED) is 0.836. The molecule has 0 spiro atoms. The fourth-order valence-electron chi connectivity index (χ4n) is 2.95. The highest BCUT2D eigenvalue weighted by atomic mass is 35.5. The number of anilines is 1. The van der Waals surface area contributed by atoms with Gasteiger partial charge in [0.2, 0.25) is 0 Å². The van der Waals surface area contributed by atoms with Crippen molar-refractivity contribution >= 4 is 39.7 Å². The van der Waals surface area contributed by atoms with Crippen LogP contribution in [0.4, 0.5) is 5.69 Å². The first-order valence-corrected chi connectivity index (χ1v) is 7.28. The third-order valence-electron chi connectivity index (χ3n) is 3.86. The minimum atomic E-state index is -0.441. The molecule has 4 heteroatoms. The van der Waals surface area contributed by atoms with Crippen molar-refractivity contribution < 1.29 is 5.11 Å². The fourth-order valence-corrected chi connectivity index (χ4v) is 3.36. The molecule has 3 rings (SSSR count). The average molecular weight is 296 g/mol. The fraction of sp³-hybridized carbons (Fsp3) is 0.333. The van der Waals surface area contributed by atoms with E-state index in [9.17, 15) is 5.11 Å². The molecule has 1 aliphatic rings. The lowest BCUT2D eigenvalue weighted by atomic mass is 9.95. The summed E-state index contributed by atoms with van der Waals surface area (Å²) in [5.41, 5.74) is 2.21. The van der Waals surface area contributed by atoms with Gasteiger partial charge in [0.25, 0.3) is 0 Å². The SMILES string of the molecule is CCN1C[C@@H](C(Cl)Cl)c2c1cc(O)c1ccccc21. The zero-order valence-electron chi connectivity index (χ0n) is 10.6. The molecule has 2 nitrogen and oxygen atoms in total. The largest absolute Gasteiger partial charge is 0.507 e.